The second-order valence-electron chi connectivity index (χ2n) is 5.58. The summed E-state index contributed by atoms with van der Waals surface area (Å²) in [7, 11) is 0. The second-order valence-corrected chi connectivity index (χ2v) is 7.63. The molecular formula is C18H19BrN2OS. The smallest absolute Gasteiger partial charge is 0.239 e. The van der Waals surface area contributed by atoms with Gasteiger partial charge in [-0.1, -0.05) is 40.2 Å². The number of benzene rings is 2. The number of thioether (sulfide) groups is 1. The fourth-order valence-electron chi connectivity index (χ4n) is 2.69. The minimum absolute atomic E-state index is 0.00464. The molecule has 1 N–H and O–H groups in total. The van der Waals surface area contributed by atoms with Crippen LogP contribution in [0.25, 0.3) is 0 Å². The molecule has 1 aliphatic heterocycles. The molecule has 0 radical (unpaired) electrons. The summed E-state index contributed by atoms with van der Waals surface area (Å²) in [6, 6.07) is 16.3. The zero-order valence-electron chi connectivity index (χ0n) is 13.0. The van der Waals surface area contributed by atoms with E-state index >= 15 is 0 Å². The number of carbonyl (C=O) groups is 1. The SMILES string of the molecule is C[C@@H](NC(=O)CN1CCSc2ccccc21)c1ccc(Br)cc1. The fraction of sp³-hybridized carbons (Fsp3) is 0.278. The van der Waals surface area contributed by atoms with Gasteiger partial charge in [-0.2, -0.15) is 0 Å². The molecule has 1 amide bonds. The lowest BCUT2D eigenvalue weighted by molar-refractivity contribution is -0.120. The molecule has 0 aromatic heterocycles. The third-order valence-electron chi connectivity index (χ3n) is 3.91. The van der Waals surface area contributed by atoms with E-state index in [9.17, 15) is 4.79 Å². The lowest BCUT2D eigenvalue weighted by Crippen LogP contribution is -2.40. The van der Waals surface area contributed by atoms with Crippen molar-refractivity contribution in [2.45, 2.75) is 17.9 Å². The number of hydrogen-bond acceptors (Lipinski definition) is 3. The molecule has 2 aromatic carbocycles. The van der Waals surface area contributed by atoms with Crippen molar-refractivity contribution in [3.63, 3.8) is 0 Å². The van der Waals surface area contributed by atoms with Crippen LogP contribution in [-0.2, 0) is 4.79 Å². The number of carbonyl (C=O) groups excluding carboxylic acids is 1. The molecule has 3 nitrogen and oxygen atoms in total. The van der Waals surface area contributed by atoms with E-state index in [1.54, 1.807) is 0 Å². The molecule has 0 saturated heterocycles. The van der Waals surface area contributed by atoms with E-state index in [0.717, 1.165) is 28.0 Å². The van der Waals surface area contributed by atoms with Gasteiger partial charge in [-0.05, 0) is 36.8 Å². The number of halogens is 1. The van der Waals surface area contributed by atoms with Crippen LogP contribution in [0.5, 0.6) is 0 Å². The predicted octanol–water partition coefficient (Wildman–Crippen LogP) is 4.24. The quantitative estimate of drug-likeness (QED) is 0.846. The maximum absolute atomic E-state index is 12.4. The maximum Gasteiger partial charge on any atom is 0.239 e. The Labute approximate surface area is 149 Å². The van der Waals surface area contributed by atoms with Gasteiger partial charge in [0.15, 0.2) is 0 Å². The molecule has 0 fully saturated rings. The lowest BCUT2D eigenvalue weighted by atomic mass is 10.1. The molecule has 120 valence electrons. The van der Waals surface area contributed by atoms with E-state index in [4.69, 9.17) is 0 Å². The number of anilines is 1. The zero-order chi connectivity index (χ0) is 16.2. The Morgan fingerprint density at radius 3 is 2.78 bits per heavy atom. The zero-order valence-corrected chi connectivity index (χ0v) is 15.4. The highest BCUT2D eigenvalue weighted by Crippen LogP contribution is 2.33. The highest BCUT2D eigenvalue weighted by molar-refractivity contribution is 9.10. The maximum atomic E-state index is 12.4. The Morgan fingerprint density at radius 1 is 1.26 bits per heavy atom. The van der Waals surface area contributed by atoms with Crippen LogP contribution in [0.2, 0.25) is 0 Å². The third-order valence-corrected chi connectivity index (χ3v) is 5.48. The van der Waals surface area contributed by atoms with Gasteiger partial charge >= 0.3 is 0 Å². The second kappa shape index (κ2) is 7.41. The first-order valence-corrected chi connectivity index (χ1v) is 9.43. The summed E-state index contributed by atoms with van der Waals surface area (Å²) in [5, 5.41) is 3.09. The van der Waals surface area contributed by atoms with E-state index in [0.29, 0.717) is 6.54 Å². The number of amides is 1. The van der Waals surface area contributed by atoms with Crippen molar-refractivity contribution in [1.82, 2.24) is 5.32 Å². The Kier molecular flexibility index (Phi) is 5.28. The van der Waals surface area contributed by atoms with Crippen LogP contribution in [-0.4, -0.2) is 24.7 Å². The van der Waals surface area contributed by atoms with Gasteiger partial charge in [0.05, 0.1) is 18.3 Å². The summed E-state index contributed by atoms with van der Waals surface area (Å²) in [6.45, 7) is 3.32. The predicted molar refractivity (Wildman–Crippen MR) is 100 cm³/mol. The number of nitrogens with one attached hydrogen (secondary N) is 1. The average Bonchev–Trinajstić information content (AvgIpc) is 2.55. The molecular weight excluding hydrogens is 372 g/mol. The van der Waals surface area contributed by atoms with Crippen LogP contribution in [0.3, 0.4) is 0 Å². The van der Waals surface area contributed by atoms with Crippen LogP contribution in [0.15, 0.2) is 57.9 Å². The summed E-state index contributed by atoms with van der Waals surface area (Å²) < 4.78 is 1.04. The first kappa shape index (κ1) is 16.4. The number of para-hydroxylation sites is 1. The summed E-state index contributed by atoms with van der Waals surface area (Å²) in [5.74, 6) is 1.08. The van der Waals surface area contributed by atoms with Crippen LogP contribution >= 0.6 is 27.7 Å². The molecule has 1 atom stereocenters. The molecule has 1 heterocycles. The van der Waals surface area contributed by atoms with Gasteiger partial charge in [-0.3, -0.25) is 4.79 Å². The van der Waals surface area contributed by atoms with Crippen molar-refractivity contribution in [3.05, 3.63) is 58.6 Å². The van der Waals surface area contributed by atoms with Gasteiger partial charge in [0.2, 0.25) is 5.91 Å². The molecule has 0 spiro atoms. The van der Waals surface area contributed by atoms with Crippen LogP contribution < -0.4 is 10.2 Å². The minimum atomic E-state index is 0.00464. The number of rotatable bonds is 4. The Morgan fingerprint density at radius 2 is 2.00 bits per heavy atom. The lowest BCUT2D eigenvalue weighted by Gasteiger charge is -2.30. The first-order chi connectivity index (χ1) is 11.1. The topological polar surface area (TPSA) is 32.3 Å². The van der Waals surface area contributed by atoms with Gasteiger partial charge in [-0.25, -0.2) is 0 Å². The third kappa shape index (κ3) is 4.09. The molecule has 0 unspecified atom stereocenters. The van der Waals surface area contributed by atoms with E-state index in [1.165, 1.54) is 4.90 Å². The Bertz CT molecular complexity index is 690. The van der Waals surface area contributed by atoms with Gasteiger partial charge < -0.3 is 10.2 Å². The molecule has 3 rings (SSSR count). The number of hydrogen-bond donors (Lipinski definition) is 1. The molecule has 0 saturated carbocycles. The van der Waals surface area contributed by atoms with Crippen LogP contribution in [0.1, 0.15) is 18.5 Å². The van der Waals surface area contributed by atoms with E-state index in [1.807, 2.05) is 55.1 Å². The van der Waals surface area contributed by atoms with Crippen molar-refractivity contribution in [1.29, 1.82) is 0 Å². The van der Waals surface area contributed by atoms with Gasteiger partial charge in [0, 0.05) is 21.7 Å². The van der Waals surface area contributed by atoms with Crippen molar-refractivity contribution >= 4 is 39.3 Å². The molecule has 0 aliphatic carbocycles. The van der Waals surface area contributed by atoms with Crippen molar-refractivity contribution < 1.29 is 4.79 Å². The normalized spacial score (nSPS) is 15.0. The van der Waals surface area contributed by atoms with E-state index in [2.05, 4.69) is 38.3 Å². The summed E-state index contributed by atoms with van der Waals surface area (Å²) in [6.07, 6.45) is 0. The monoisotopic (exact) mass is 390 g/mol. The van der Waals surface area contributed by atoms with Crippen molar-refractivity contribution in [2.75, 3.05) is 23.7 Å². The highest BCUT2D eigenvalue weighted by atomic mass is 79.9. The fourth-order valence-corrected chi connectivity index (χ4v) is 4.00. The summed E-state index contributed by atoms with van der Waals surface area (Å²) in [4.78, 5) is 15.8. The summed E-state index contributed by atoms with van der Waals surface area (Å²) >= 11 is 5.28. The average molecular weight is 391 g/mol. The largest absolute Gasteiger partial charge is 0.360 e. The number of fused-ring (bicyclic) bond motifs is 1. The molecule has 0 bridgehead atoms. The van der Waals surface area contributed by atoms with Crippen LogP contribution in [0.4, 0.5) is 5.69 Å². The minimum Gasteiger partial charge on any atom is -0.360 e. The standard InChI is InChI=1S/C18H19BrN2OS/c1-13(14-6-8-15(19)9-7-14)20-18(22)12-21-10-11-23-17-5-3-2-4-16(17)21/h2-9,13H,10-12H2,1H3,(H,20,22)/t13-/m1/s1. The van der Waals surface area contributed by atoms with E-state index < -0.39 is 0 Å². The Hall–Kier alpha value is -1.46. The highest BCUT2D eigenvalue weighted by Gasteiger charge is 2.20. The van der Waals surface area contributed by atoms with Gasteiger partial charge in [-0.15, -0.1) is 11.8 Å². The molecule has 1 aliphatic rings. The Balaban J connectivity index is 1.63. The molecule has 23 heavy (non-hydrogen) atoms. The van der Waals surface area contributed by atoms with E-state index in [-0.39, 0.29) is 11.9 Å². The molecule has 5 heteroatoms. The summed E-state index contributed by atoms with van der Waals surface area (Å²) in [5.41, 5.74) is 2.27. The first-order valence-electron chi connectivity index (χ1n) is 7.65. The van der Waals surface area contributed by atoms with Gasteiger partial charge in [0.1, 0.15) is 0 Å². The molecule has 2 aromatic rings. The van der Waals surface area contributed by atoms with Gasteiger partial charge in [0.25, 0.3) is 0 Å². The van der Waals surface area contributed by atoms with Crippen molar-refractivity contribution in [2.24, 2.45) is 0 Å². The van der Waals surface area contributed by atoms with Crippen molar-refractivity contribution in [3.8, 4) is 0 Å². The van der Waals surface area contributed by atoms with Crippen LogP contribution in [0, 0.1) is 0 Å². The number of nitrogens with zero attached hydrogens (tertiary/aromatic N) is 1.